The van der Waals surface area contributed by atoms with Crippen LogP contribution in [0.5, 0.6) is 0 Å². The third kappa shape index (κ3) is 5.77. The lowest BCUT2D eigenvalue weighted by Crippen LogP contribution is -2.22. The van der Waals surface area contributed by atoms with E-state index in [4.69, 9.17) is 0 Å². The second kappa shape index (κ2) is 14.2. The molecule has 0 N–H and O–H groups in total. The van der Waals surface area contributed by atoms with E-state index >= 15 is 0 Å². The van der Waals surface area contributed by atoms with E-state index in [0.717, 1.165) is 17.1 Å². The Morgan fingerprint density at radius 1 is 0.339 bits per heavy atom. The molecule has 11 rings (SSSR count). The van der Waals surface area contributed by atoms with Crippen molar-refractivity contribution in [3.63, 3.8) is 0 Å². The standard InChI is InChI=1S/C58H41N/c1-58(46-20-3-2-4-21-46)54-28-10-9-25-53(54)57-52(27-14-29-55(57)58)45-19-11-22-48(39-45)59(56-30-13-18-43-16-6-8-24-51(43)56)47-37-35-41(36-38-47)40-31-33-44(34-32-40)50-26-12-17-42-15-5-7-23-49(42)50/h2-39H,1H3. The van der Waals surface area contributed by atoms with Gasteiger partial charge in [0.2, 0.25) is 0 Å². The fourth-order valence-corrected chi connectivity index (χ4v) is 9.63. The van der Waals surface area contributed by atoms with E-state index in [1.54, 1.807) is 0 Å². The Bertz CT molecular complexity index is 3150. The molecule has 0 spiro atoms. The number of fused-ring (bicyclic) bond motifs is 5. The average Bonchev–Trinajstić information content (AvgIpc) is 3.58. The third-order valence-electron chi connectivity index (χ3n) is 12.6. The summed E-state index contributed by atoms with van der Waals surface area (Å²) in [6.07, 6.45) is 0. The molecular formula is C58H41N. The molecule has 0 fully saturated rings. The summed E-state index contributed by atoms with van der Waals surface area (Å²) in [6, 6.07) is 84.4. The van der Waals surface area contributed by atoms with Crippen molar-refractivity contribution in [2.45, 2.75) is 12.3 Å². The molecule has 0 aromatic heterocycles. The van der Waals surface area contributed by atoms with Crippen LogP contribution in [0.4, 0.5) is 17.1 Å². The molecule has 1 unspecified atom stereocenters. The second-order valence-corrected chi connectivity index (χ2v) is 15.8. The number of nitrogens with zero attached hydrogens (tertiary/aromatic N) is 1. The average molecular weight is 752 g/mol. The van der Waals surface area contributed by atoms with E-state index in [1.807, 2.05) is 0 Å². The lowest BCUT2D eigenvalue weighted by Gasteiger charge is -2.28. The zero-order valence-electron chi connectivity index (χ0n) is 32.9. The van der Waals surface area contributed by atoms with E-state index in [9.17, 15) is 0 Å². The maximum atomic E-state index is 2.42. The van der Waals surface area contributed by atoms with Gasteiger partial charge in [0, 0.05) is 22.2 Å². The molecule has 10 aromatic rings. The van der Waals surface area contributed by atoms with Crippen LogP contribution >= 0.6 is 0 Å². The van der Waals surface area contributed by atoms with Gasteiger partial charge in [-0.25, -0.2) is 0 Å². The van der Waals surface area contributed by atoms with Gasteiger partial charge in [-0.2, -0.15) is 0 Å². The Morgan fingerprint density at radius 3 is 1.68 bits per heavy atom. The zero-order chi connectivity index (χ0) is 39.3. The van der Waals surface area contributed by atoms with Gasteiger partial charge < -0.3 is 4.90 Å². The van der Waals surface area contributed by atoms with E-state index in [0.29, 0.717) is 0 Å². The normalized spacial score (nSPS) is 14.3. The Morgan fingerprint density at radius 2 is 0.881 bits per heavy atom. The number of hydrogen-bond acceptors (Lipinski definition) is 1. The van der Waals surface area contributed by atoms with Gasteiger partial charge in [-0.15, -0.1) is 0 Å². The van der Waals surface area contributed by atoms with Crippen LogP contribution in [0.2, 0.25) is 0 Å². The van der Waals surface area contributed by atoms with Crippen molar-refractivity contribution < 1.29 is 0 Å². The topological polar surface area (TPSA) is 3.24 Å². The number of hydrogen-bond donors (Lipinski definition) is 0. The van der Waals surface area contributed by atoms with E-state index < -0.39 is 0 Å². The molecule has 0 saturated heterocycles. The summed E-state index contributed by atoms with van der Waals surface area (Å²) >= 11 is 0. The molecule has 59 heavy (non-hydrogen) atoms. The van der Waals surface area contributed by atoms with Gasteiger partial charge >= 0.3 is 0 Å². The Hall–Kier alpha value is -7.48. The predicted octanol–water partition coefficient (Wildman–Crippen LogP) is 15.8. The highest BCUT2D eigenvalue weighted by Gasteiger charge is 2.41. The first-order valence-corrected chi connectivity index (χ1v) is 20.5. The number of anilines is 3. The van der Waals surface area contributed by atoms with Gasteiger partial charge in [0.25, 0.3) is 0 Å². The molecule has 10 aromatic carbocycles. The monoisotopic (exact) mass is 751 g/mol. The van der Waals surface area contributed by atoms with Crippen LogP contribution in [0.3, 0.4) is 0 Å². The maximum Gasteiger partial charge on any atom is 0.0540 e. The van der Waals surface area contributed by atoms with Crippen molar-refractivity contribution >= 4 is 38.6 Å². The van der Waals surface area contributed by atoms with Gasteiger partial charge in [0.1, 0.15) is 0 Å². The van der Waals surface area contributed by atoms with Crippen LogP contribution < -0.4 is 4.90 Å². The molecule has 0 amide bonds. The molecule has 1 heteroatoms. The summed E-state index contributed by atoms with van der Waals surface area (Å²) in [7, 11) is 0. The van der Waals surface area contributed by atoms with Crippen molar-refractivity contribution in [2.24, 2.45) is 0 Å². The summed E-state index contributed by atoms with van der Waals surface area (Å²) < 4.78 is 0. The van der Waals surface area contributed by atoms with Crippen LogP contribution in [-0.2, 0) is 5.41 Å². The Kier molecular flexibility index (Phi) is 8.34. The van der Waals surface area contributed by atoms with Crippen molar-refractivity contribution in [1.82, 2.24) is 0 Å². The van der Waals surface area contributed by atoms with Gasteiger partial charge in [0.05, 0.1) is 5.69 Å². The number of benzene rings is 10. The third-order valence-corrected chi connectivity index (χ3v) is 12.6. The highest BCUT2D eigenvalue weighted by Crippen LogP contribution is 2.55. The minimum Gasteiger partial charge on any atom is -0.310 e. The van der Waals surface area contributed by atoms with E-state index in [-0.39, 0.29) is 5.41 Å². The molecule has 1 atom stereocenters. The largest absolute Gasteiger partial charge is 0.310 e. The van der Waals surface area contributed by atoms with Crippen LogP contribution in [0.15, 0.2) is 231 Å². The summed E-state index contributed by atoms with van der Waals surface area (Å²) in [5.41, 5.74) is 17.0. The quantitative estimate of drug-likeness (QED) is 0.157. The van der Waals surface area contributed by atoms with Gasteiger partial charge in [-0.1, -0.05) is 200 Å². The highest BCUT2D eigenvalue weighted by molar-refractivity contribution is 6.01. The molecular weight excluding hydrogens is 711 g/mol. The molecule has 1 nitrogen and oxygen atoms in total. The van der Waals surface area contributed by atoms with Crippen molar-refractivity contribution in [3.8, 4) is 44.5 Å². The highest BCUT2D eigenvalue weighted by atomic mass is 15.1. The van der Waals surface area contributed by atoms with Gasteiger partial charge in [-0.05, 0) is 115 Å². The Labute approximate surface area is 346 Å². The SMILES string of the molecule is CC1(c2ccccc2)c2ccccc2-c2c(-c3cccc(N(c4ccc(-c5ccc(-c6cccc7ccccc67)cc5)cc4)c4cccc5ccccc45)c3)cccc21. The van der Waals surface area contributed by atoms with Crippen LogP contribution in [-0.4, -0.2) is 0 Å². The van der Waals surface area contributed by atoms with Crippen molar-refractivity contribution in [2.75, 3.05) is 4.90 Å². The first-order valence-electron chi connectivity index (χ1n) is 20.5. The van der Waals surface area contributed by atoms with Crippen LogP contribution in [0.25, 0.3) is 66.1 Å². The molecule has 0 radical (unpaired) electrons. The lowest BCUT2D eigenvalue weighted by atomic mass is 9.74. The molecule has 0 aliphatic heterocycles. The molecule has 1 aliphatic carbocycles. The second-order valence-electron chi connectivity index (χ2n) is 15.8. The van der Waals surface area contributed by atoms with Crippen LogP contribution in [0, 0.1) is 0 Å². The molecule has 0 heterocycles. The van der Waals surface area contributed by atoms with Crippen molar-refractivity contribution in [3.05, 3.63) is 247 Å². The molecule has 1 aliphatic rings. The van der Waals surface area contributed by atoms with Gasteiger partial charge in [-0.3, -0.25) is 0 Å². The first-order chi connectivity index (χ1) is 29.1. The van der Waals surface area contributed by atoms with Crippen molar-refractivity contribution in [1.29, 1.82) is 0 Å². The molecule has 278 valence electrons. The minimum absolute atomic E-state index is 0.256. The smallest absolute Gasteiger partial charge is 0.0540 e. The van der Waals surface area contributed by atoms with E-state index in [2.05, 4.69) is 242 Å². The first kappa shape index (κ1) is 34.7. The van der Waals surface area contributed by atoms with Gasteiger partial charge in [0.15, 0.2) is 0 Å². The molecule has 0 bridgehead atoms. The Balaban J connectivity index is 1.01. The zero-order valence-corrected chi connectivity index (χ0v) is 32.9. The summed E-state index contributed by atoms with van der Waals surface area (Å²) in [5.74, 6) is 0. The number of rotatable bonds is 7. The molecule has 0 saturated carbocycles. The fourth-order valence-electron chi connectivity index (χ4n) is 9.63. The maximum absolute atomic E-state index is 2.42. The van der Waals surface area contributed by atoms with Crippen LogP contribution in [0.1, 0.15) is 23.6 Å². The fraction of sp³-hybridized carbons (Fsp3) is 0.0345. The summed E-state index contributed by atoms with van der Waals surface area (Å²) in [5, 5.41) is 4.96. The summed E-state index contributed by atoms with van der Waals surface area (Å²) in [6.45, 7) is 2.39. The minimum atomic E-state index is -0.256. The summed E-state index contributed by atoms with van der Waals surface area (Å²) in [4.78, 5) is 2.42. The lowest BCUT2D eigenvalue weighted by molar-refractivity contribution is 0.714. The van der Waals surface area contributed by atoms with E-state index in [1.165, 1.54) is 82.7 Å². The predicted molar refractivity (Wildman–Crippen MR) is 250 cm³/mol.